The second-order valence-electron chi connectivity index (χ2n) is 7.06. The Labute approximate surface area is 173 Å². The van der Waals surface area contributed by atoms with Crippen molar-refractivity contribution in [2.45, 2.75) is 18.2 Å². The number of hydrogen-bond donors (Lipinski definition) is 0. The van der Waals surface area contributed by atoms with Gasteiger partial charge in [0.2, 0.25) is 15.9 Å². The summed E-state index contributed by atoms with van der Waals surface area (Å²) in [6.07, 6.45) is 0.740. The Bertz CT molecular complexity index is 1000. The fraction of sp³-hybridized carbons (Fsp3) is 0.350. The van der Waals surface area contributed by atoms with Gasteiger partial charge in [0.25, 0.3) is 0 Å². The molecule has 0 bridgehead atoms. The fourth-order valence-corrected chi connectivity index (χ4v) is 6.37. The number of amides is 1. The van der Waals surface area contributed by atoms with Crippen molar-refractivity contribution in [3.8, 4) is 0 Å². The molecule has 2 aliphatic rings. The van der Waals surface area contributed by atoms with E-state index in [9.17, 15) is 13.2 Å². The number of halogens is 1. The van der Waals surface area contributed by atoms with E-state index in [2.05, 4.69) is 20.8 Å². The van der Waals surface area contributed by atoms with Gasteiger partial charge in [-0.15, -0.1) is 0 Å². The first kappa shape index (κ1) is 19.4. The second-order valence-corrected chi connectivity index (χ2v) is 9.82. The zero-order valence-electron chi connectivity index (χ0n) is 15.6. The van der Waals surface area contributed by atoms with E-state index >= 15 is 0 Å². The highest BCUT2D eigenvalue weighted by Crippen LogP contribution is 2.36. The van der Waals surface area contributed by atoms with Gasteiger partial charge >= 0.3 is 0 Å². The van der Waals surface area contributed by atoms with Gasteiger partial charge < -0.3 is 9.80 Å². The Balaban J connectivity index is 1.58. The van der Waals surface area contributed by atoms with Crippen molar-refractivity contribution in [2.24, 2.45) is 0 Å². The third-order valence-corrected chi connectivity index (χ3v) is 8.24. The van der Waals surface area contributed by atoms with Gasteiger partial charge in [-0.3, -0.25) is 4.79 Å². The summed E-state index contributed by atoms with van der Waals surface area (Å²) in [6.45, 7) is 4.25. The maximum atomic E-state index is 13.3. The van der Waals surface area contributed by atoms with Gasteiger partial charge in [-0.25, -0.2) is 8.42 Å². The van der Waals surface area contributed by atoms with Crippen molar-refractivity contribution in [2.75, 3.05) is 42.5 Å². The number of piperazine rings is 1. The lowest BCUT2D eigenvalue weighted by Crippen LogP contribution is -2.48. The lowest BCUT2D eigenvalue weighted by atomic mass is 10.2. The third-order valence-electron chi connectivity index (χ3n) is 5.39. The number of rotatable bonds is 3. The number of carbonyl (C=O) groups is 1. The summed E-state index contributed by atoms with van der Waals surface area (Å²) < 4.78 is 28.7. The summed E-state index contributed by atoms with van der Waals surface area (Å²) in [5.41, 5.74) is 2.81. The third kappa shape index (κ3) is 3.44. The summed E-state index contributed by atoms with van der Waals surface area (Å²) in [7, 11) is -3.65. The van der Waals surface area contributed by atoms with E-state index < -0.39 is 10.0 Å². The summed E-state index contributed by atoms with van der Waals surface area (Å²) in [6, 6.07) is 13.5. The lowest BCUT2D eigenvalue weighted by Gasteiger charge is -2.35. The van der Waals surface area contributed by atoms with Crippen LogP contribution in [0, 0.1) is 0 Å². The first-order valence-electron chi connectivity index (χ1n) is 9.28. The molecule has 0 unspecified atom stereocenters. The first-order valence-corrected chi connectivity index (χ1v) is 11.5. The van der Waals surface area contributed by atoms with Crippen molar-refractivity contribution in [1.29, 1.82) is 0 Å². The molecule has 0 radical (unpaired) electrons. The average Bonchev–Trinajstić information content (AvgIpc) is 3.11. The molecule has 0 saturated carbocycles. The zero-order valence-corrected chi connectivity index (χ0v) is 18.0. The number of anilines is 2. The van der Waals surface area contributed by atoms with Gasteiger partial charge in [0, 0.05) is 55.5 Å². The molecular formula is C20H22BrN3O3S. The molecule has 1 amide bonds. The van der Waals surface area contributed by atoms with Gasteiger partial charge in [0.05, 0.1) is 4.90 Å². The Morgan fingerprint density at radius 2 is 1.68 bits per heavy atom. The van der Waals surface area contributed by atoms with Crippen molar-refractivity contribution < 1.29 is 13.2 Å². The minimum atomic E-state index is -3.65. The molecule has 0 spiro atoms. The van der Waals surface area contributed by atoms with Crippen molar-refractivity contribution in [3.63, 3.8) is 0 Å². The number of benzene rings is 2. The van der Waals surface area contributed by atoms with Gasteiger partial charge in [0.1, 0.15) is 0 Å². The molecule has 2 heterocycles. The minimum absolute atomic E-state index is 0.0686. The Hall–Kier alpha value is -1.90. The molecule has 0 atom stereocenters. The van der Waals surface area contributed by atoms with Crippen LogP contribution in [-0.2, 0) is 21.2 Å². The predicted octanol–water partition coefficient (Wildman–Crippen LogP) is 2.87. The Morgan fingerprint density at radius 3 is 2.32 bits per heavy atom. The van der Waals surface area contributed by atoms with E-state index in [1.54, 1.807) is 11.0 Å². The summed E-state index contributed by atoms with van der Waals surface area (Å²) >= 11 is 3.44. The van der Waals surface area contributed by atoms with E-state index in [1.807, 2.05) is 36.4 Å². The fourth-order valence-electron chi connectivity index (χ4n) is 3.88. The molecule has 0 aliphatic carbocycles. The number of hydrogen-bond acceptors (Lipinski definition) is 4. The van der Waals surface area contributed by atoms with E-state index in [-0.39, 0.29) is 10.8 Å². The number of nitrogens with zero attached hydrogens (tertiary/aromatic N) is 3. The van der Waals surface area contributed by atoms with Crippen LogP contribution in [0.3, 0.4) is 0 Å². The number of para-hydroxylation sites is 1. The summed E-state index contributed by atoms with van der Waals surface area (Å²) in [5, 5.41) is 0. The van der Waals surface area contributed by atoms with Gasteiger partial charge in [0.15, 0.2) is 0 Å². The normalized spacial score (nSPS) is 17.6. The molecule has 0 N–H and O–H groups in total. The van der Waals surface area contributed by atoms with Crippen LogP contribution in [0.2, 0.25) is 0 Å². The first-order chi connectivity index (χ1) is 13.4. The summed E-state index contributed by atoms with van der Waals surface area (Å²) in [5.74, 6) is -0.0686. The molecule has 2 aromatic carbocycles. The van der Waals surface area contributed by atoms with E-state index in [1.165, 1.54) is 11.2 Å². The predicted molar refractivity (Wildman–Crippen MR) is 113 cm³/mol. The van der Waals surface area contributed by atoms with Crippen LogP contribution in [0.5, 0.6) is 0 Å². The van der Waals surface area contributed by atoms with Crippen molar-refractivity contribution in [1.82, 2.24) is 4.31 Å². The molecule has 6 nitrogen and oxygen atoms in total. The maximum Gasteiger partial charge on any atom is 0.244 e. The number of carbonyl (C=O) groups excluding carboxylic acids is 1. The highest BCUT2D eigenvalue weighted by atomic mass is 79.9. The monoisotopic (exact) mass is 463 g/mol. The van der Waals surface area contributed by atoms with Crippen LogP contribution in [-0.4, -0.2) is 51.4 Å². The second kappa shape index (κ2) is 7.50. The Kier molecular flexibility index (Phi) is 5.20. The molecule has 1 fully saturated rings. The molecule has 2 aliphatic heterocycles. The quantitative estimate of drug-likeness (QED) is 0.701. The highest BCUT2D eigenvalue weighted by Gasteiger charge is 2.33. The van der Waals surface area contributed by atoms with E-state index in [0.29, 0.717) is 42.9 Å². The SMILES string of the molecule is CC(=O)N1CCc2cc(Br)c(S(=O)(=O)N3CCN(c4ccccc4)CC3)cc21. The van der Waals surface area contributed by atoms with Gasteiger partial charge in [-0.2, -0.15) is 4.31 Å². The molecule has 4 rings (SSSR count). The molecular weight excluding hydrogens is 442 g/mol. The van der Waals surface area contributed by atoms with E-state index in [4.69, 9.17) is 0 Å². The smallest absolute Gasteiger partial charge is 0.244 e. The van der Waals surface area contributed by atoms with Crippen LogP contribution in [0.4, 0.5) is 11.4 Å². The van der Waals surface area contributed by atoms with Crippen LogP contribution in [0.25, 0.3) is 0 Å². The van der Waals surface area contributed by atoms with Crippen molar-refractivity contribution in [3.05, 3.63) is 52.5 Å². The minimum Gasteiger partial charge on any atom is -0.369 e. The zero-order chi connectivity index (χ0) is 19.9. The molecule has 1 saturated heterocycles. The number of sulfonamides is 1. The van der Waals surface area contributed by atoms with Crippen LogP contribution in [0.1, 0.15) is 12.5 Å². The molecule has 0 aromatic heterocycles. The van der Waals surface area contributed by atoms with Crippen molar-refractivity contribution >= 4 is 43.2 Å². The maximum absolute atomic E-state index is 13.3. The average molecular weight is 464 g/mol. The topological polar surface area (TPSA) is 60.9 Å². The van der Waals surface area contributed by atoms with Crippen LogP contribution in [0.15, 0.2) is 51.8 Å². The van der Waals surface area contributed by atoms with Crippen LogP contribution < -0.4 is 9.80 Å². The molecule has 28 heavy (non-hydrogen) atoms. The standard InChI is InChI=1S/C20H22BrN3O3S/c1-15(25)24-8-7-16-13-18(21)20(14-19(16)24)28(26,27)23-11-9-22(10-12-23)17-5-3-2-4-6-17/h2-6,13-14H,7-12H2,1H3. The van der Waals surface area contributed by atoms with Gasteiger partial charge in [-0.05, 0) is 52.2 Å². The molecule has 2 aromatic rings. The lowest BCUT2D eigenvalue weighted by molar-refractivity contribution is -0.116. The summed E-state index contributed by atoms with van der Waals surface area (Å²) in [4.78, 5) is 15.9. The largest absolute Gasteiger partial charge is 0.369 e. The van der Waals surface area contributed by atoms with Gasteiger partial charge in [-0.1, -0.05) is 18.2 Å². The van der Waals surface area contributed by atoms with Crippen LogP contribution >= 0.6 is 15.9 Å². The highest BCUT2D eigenvalue weighted by molar-refractivity contribution is 9.10. The Morgan fingerprint density at radius 1 is 1.00 bits per heavy atom. The molecule has 8 heteroatoms. The van der Waals surface area contributed by atoms with E-state index in [0.717, 1.165) is 17.7 Å². The number of fused-ring (bicyclic) bond motifs is 1. The molecule has 148 valence electrons.